The lowest BCUT2D eigenvalue weighted by Gasteiger charge is -2.25. The number of hydrogen-bond donors (Lipinski definition) is 2. The molecule has 1 amide bonds. The summed E-state index contributed by atoms with van der Waals surface area (Å²) < 4.78 is 0. The molecule has 1 heterocycles. The van der Waals surface area contributed by atoms with Gasteiger partial charge in [-0.3, -0.25) is 4.79 Å². The summed E-state index contributed by atoms with van der Waals surface area (Å²) in [5.41, 5.74) is 9.95. The Bertz CT molecular complexity index is 727. The number of hydrogen-bond acceptors (Lipinski definition) is 4. The van der Waals surface area contributed by atoms with Gasteiger partial charge in [-0.15, -0.1) is 0 Å². The second kappa shape index (κ2) is 6.71. The Kier molecular flexibility index (Phi) is 4.48. The van der Waals surface area contributed by atoms with Crippen molar-refractivity contribution in [3.63, 3.8) is 0 Å². The number of nitrogens with zero attached hydrogens (tertiary/aromatic N) is 2. The van der Waals surface area contributed by atoms with Crippen molar-refractivity contribution >= 4 is 11.6 Å². The molecule has 2 unspecified atom stereocenters. The van der Waals surface area contributed by atoms with Crippen molar-refractivity contribution in [1.82, 2.24) is 5.32 Å². The molecule has 118 valence electrons. The van der Waals surface area contributed by atoms with Crippen LogP contribution in [-0.4, -0.2) is 18.5 Å². The quantitative estimate of drug-likeness (QED) is 0.908. The van der Waals surface area contributed by atoms with E-state index >= 15 is 0 Å². The molecule has 23 heavy (non-hydrogen) atoms. The van der Waals surface area contributed by atoms with Crippen LogP contribution in [0.25, 0.3) is 11.1 Å². The molecule has 0 aliphatic carbocycles. The van der Waals surface area contributed by atoms with Gasteiger partial charge in [0, 0.05) is 12.1 Å². The molecular weight excluding hydrogens is 288 g/mol. The molecule has 1 aliphatic rings. The largest absolute Gasteiger partial charge is 0.354 e. The van der Waals surface area contributed by atoms with E-state index in [4.69, 9.17) is 5.73 Å². The van der Waals surface area contributed by atoms with Crippen molar-refractivity contribution in [3.8, 4) is 11.1 Å². The van der Waals surface area contributed by atoms with Crippen LogP contribution in [0.1, 0.15) is 24.9 Å². The van der Waals surface area contributed by atoms with Crippen LogP contribution >= 0.6 is 0 Å². The Balaban J connectivity index is 1.95. The number of fused-ring (bicyclic) bond motifs is 1. The van der Waals surface area contributed by atoms with Gasteiger partial charge in [-0.05, 0) is 17.5 Å². The van der Waals surface area contributed by atoms with E-state index in [0.717, 1.165) is 28.8 Å². The molecule has 0 radical (unpaired) electrons. The van der Waals surface area contributed by atoms with E-state index < -0.39 is 12.1 Å². The van der Waals surface area contributed by atoms with Gasteiger partial charge in [0.1, 0.15) is 0 Å². The van der Waals surface area contributed by atoms with Crippen molar-refractivity contribution in [1.29, 1.82) is 0 Å². The Hall–Kier alpha value is -2.53. The van der Waals surface area contributed by atoms with Crippen molar-refractivity contribution in [2.75, 3.05) is 6.54 Å². The molecule has 0 bridgehead atoms. The van der Waals surface area contributed by atoms with Crippen LogP contribution in [-0.2, 0) is 4.79 Å². The van der Waals surface area contributed by atoms with Crippen molar-refractivity contribution in [3.05, 3.63) is 54.1 Å². The maximum atomic E-state index is 12.2. The van der Waals surface area contributed by atoms with Crippen LogP contribution in [0.15, 0.2) is 58.8 Å². The molecule has 2 aromatic rings. The molecule has 0 fully saturated rings. The average Bonchev–Trinajstić information content (AvgIpc) is 2.60. The number of benzene rings is 2. The second-order valence-electron chi connectivity index (χ2n) is 5.59. The first kappa shape index (κ1) is 15.4. The van der Waals surface area contributed by atoms with E-state index in [2.05, 4.69) is 15.5 Å². The molecule has 0 aromatic heterocycles. The minimum Gasteiger partial charge on any atom is -0.354 e. The lowest BCUT2D eigenvalue weighted by atomic mass is 9.92. The molecule has 2 aromatic carbocycles. The summed E-state index contributed by atoms with van der Waals surface area (Å²) in [5, 5.41) is 11.3. The Labute approximate surface area is 135 Å². The smallest absolute Gasteiger partial charge is 0.248 e. The second-order valence-corrected chi connectivity index (χ2v) is 5.59. The molecule has 5 nitrogen and oxygen atoms in total. The topological polar surface area (TPSA) is 79.8 Å². The summed E-state index contributed by atoms with van der Waals surface area (Å²) in [6, 6.07) is 14.7. The van der Waals surface area contributed by atoms with E-state index in [1.165, 1.54) is 0 Å². The van der Waals surface area contributed by atoms with Gasteiger partial charge < -0.3 is 11.1 Å². The normalized spacial score (nSPS) is 19.2. The highest BCUT2D eigenvalue weighted by atomic mass is 16.2. The third-order valence-corrected chi connectivity index (χ3v) is 3.95. The maximum Gasteiger partial charge on any atom is 0.248 e. The molecule has 0 spiro atoms. The summed E-state index contributed by atoms with van der Waals surface area (Å²) in [7, 11) is 0. The fourth-order valence-electron chi connectivity index (χ4n) is 2.72. The van der Waals surface area contributed by atoms with Crippen LogP contribution in [0.5, 0.6) is 0 Å². The van der Waals surface area contributed by atoms with Gasteiger partial charge in [0.25, 0.3) is 0 Å². The minimum atomic E-state index is -0.667. The van der Waals surface area contributed by atoms with Crippen LogP contribution in [0.2, 0.25) is 0 Å². The van der Waals surface area contributed by atoms with E-state index in [0.29, 0.717) is 6.54 Å². The number of carbonyl (C=O) groups is 1. The fourth-order valence-corrected chi connectivity index (χ4v) is 2.72. The molecule has 3 rings (SSSR count). The monoisotopic (exact) mass is 308 g/mol. The van der Waals surface area contributed by atoms with E-state index in [9.17, 15) is 4.79 Å². The summed E-state index contributed by atoms with van der Waals surface area (Å²) in [6.07, 6.45) is 0.875. The van der Waals surface area contributed by atoms with Gasteiger partial charge in [0.15, 0.2) is 6.04 Å². The number of amides is 1. The highest BCUT2D eigenvalue weighted by molar-refractivity contribution is 5.85. The summed E-state index contributed by atoms with van der Waals surface area (Å²) in [5.74, 6) is -0.168. The number of carbonyl (C=O) groups excluding carboxylic acids is 1. The highest BCUT2D eigenvalue weighted by Gasteiger charge is 2.32. The van der Waals surface area contributed by atoms with Crippen LogP contribution in [0.4, 0.5) is 5.69 Å². The predicted molar refractivity (Wildman–Crippen MR) is 90.4 cm³/mol. The molecule has 5 heteroatoms. The minimum absolute atomic E-state index is 0.168. The Morgan fingerprint density at radius 3 is 2.70 bits per heavy atom. The molecule has 2 atom stereocenters. The highest BCUT2D eigenvalue weighted by Crippen LogP contribution is 2.40. The van der Waals surface area contributed by atoms with Crippen LogP contribution < -0.4 is 11.1 Å². The molecule has 3 N–H and O–H groups in total. The zero-order chi connectivity index (χ0) is 16.2. The molecule has 0 saturated carbocycles. The van der Waals surface area contributed by atoms with Crippen LogP contribution in [0.3, 0.4) is 0 Å². The third-order valence-electron chi connectivity index (χ3n) is 3.95. The number of nitrogens with two attached hydrogens (primary N) is 1. The zero-order valence-corrected chi connectivity index (χ0v) is 13.1. The van der Waals surface area contributed by atoms with Crippen molar-refractivity contribution in [2.24, 2.45) is 16.0 Å². The Morgan fingerprint density at radius 1 is 1.17 bits per heavy atom. The number of rotatable bonds is 4. The third kappa shape index (κ3) is 3.00. The summed E-state index contributed by atoms with van der Waals surface area (Å²) in [6.45, 7) is 2.62. The number of azo groups is 1. The van der Waals surface area contributed by atoms with Crippen molar-refractivity contribution < 1.29 is 4.79 Å². The van der Waals surface area contributed by atoms with Gasteiger partial charge in [-0.25, -0.2) is 0 Å². The Morgan fingerprint density at radius 2 is 1.96 bits per heavy atom. The lowest BCUT2D eigenvalue weighted by Crippen LogP contribution is -2.41. The fraction of sp³-hybridized carbons (Fsp3) is 0.278. The van der Waals surface area contributed by atoms with Crippen LogP contribution in [0, 0.1) is 0 Å². The van der Waals surface area contributed by atoms with Gasteiger partial charge in [-0.1, -0.05) is 55.5 Å². The lowest BCUT2D eigenvalue weighted by molar-refractivity contribution is -0.122. The number of nitrogens with one attached hydrogen (secondary N) is 1. The maximum absolute atomic E-state index is 12.2. The van der Waals surface area contributed by atoms with Gasteiger partial charge in [0.05, 0.1) is 11.7 Å². The van der Waals surface area contributed by atoms with Crippen molar-refractivity contribution in [2.45, 2.75) is 25.4 Å². The molecule has 1 aliphatic heterocycles. The first-order valence-electron chi connectivity index (χ1n) is 7.85. The molecular formula is C18H20N4O. The predicted octanol–water partition coefficient (Wildman–Crippen LogP) is 3.35. The first-order chi connectivity index (χ1) is 11.2. The average molecular weight is 308 g/mol. The van der Waals surface area contributed by atoms with E-state index in [1.54, 1.807) is 0 Å². The van der Waals surface area contributed by atoms with E-state index in [-0.39, 0.29) is 5.91 Å². The van der Waals surface area contributed by atoms with Gasteiger partial charge in [0.2, 0.25) is 5.91 Å². The first-order valence-corrected chi connectivity index (χ1v) is 7.85. The SMILES string of the molecule is CCCNC(=O)C1N=Nc2c(-c3ccccc3)cccc2C1N. The van der Waals surface area contributed by atoms with E-state index in [1.807, 2.05) is 55.5 Å². The van der Waals surface area contributed by atoms with Gasteiger partial charge >= 0.3 is 0 Å². The summed E-state index contributed by atoms with van der Waals surface area (Å²) >= 11 is 0. The zero-order valence-electron chi connectivity index (χ0n) is 13.1. The van der Waals surface area contributed by atoms with Gasteiger partial charge in [-0.2, -0.15) is 10.2 Å². The standard InChI is InChI=1S/C18H20N4O/c1-2-11-20-18(23)17-15(19)14-10-6-9-13(16(14)21-22-17)12-7-4-3-5-8-12/h3-10,15,17H,2,11,19H2,1H3,(H,20,23). The molecule has 0 saturated heterocycles. The summed E-state index contributed by atoms with van der Waals surface area (Å²) in [4.78, 5) is 12.2.